The van der Waals surface area contributed by atoms with E-state index in [0.29, 0.717) is 12.5 Å². The van der Waals surface area contributed by atoms with Gasteiger partial charge < -0.3 is 14.8 Å². The Hall–Kier alpha value is -1.48. The molecule has 0 amide bonds. The third-order valence-corrected chi connectivity index (χ3v) is 2.58. The van der Waals surface area contributed by atoms with Crippen LogP contribution in [-0.4, -0.2) is 20.3 Å². The summed E-state index contributed by atoms with van der Waals surface area (Å²) in [5, 5.41) is 3.41. The zero-order valence-electron chi connectivity index (χ0n) is 12.5. The van der Waals surface area contributed by atoms with Gasteiger partial charge in [-0.15, -0.1) is 0 Å². The minimum absolute atomic E-state index is 0.515. The van der Waals surface area contributed by atoms with Crippen LogP contribution in [0.4, 0.5) is 0 Å². The molecule has 19 heavy (non-hydrogen) atoms. The summed E-state index contributed by atoms with van der Waals surface area (Å²) < 4.78 is 11.0. The van der Waals surface area contributed by atoms with Crippen molar-refractivity contribution < 1.29 is 9.47 Å². The molecule has 0 aliphatic heterocycles. The summed E-state index contributed by atoms with van der Waals surface area (Å²) in [6, 6.07) is 6.03. The van der Waals surface area contributed by atoms with Gasteiger partial charge in [0, 0.05) is 6.54 Å². The van der Waals surface area contributed by atoms with E-state index < -0.39 is 0 Å². The molecule has 0 unspecified atom stereocenters. The van der Waals surface area contributed by atoms with Crippen molar-refractivity contribution in [3.05, 3.63) is 35.9 Å². The molecule has 3 heteroatoms. The highest BCUT2D eigenvalue weighted by molar-refractivity contribution is 5.43. The SMILES string of the molecule is C=C(C)COc1ccc(CNCC(C)C)cc1OC. The van der Waals surface area contributed by atoms with Crippen molar-refractivity contribution in [3.63, 3.8) is 0 Å². The monoisotopic (exact) mass is 263 g/mol. The number of rotatable bonds is 8. The first-order valence-electron chi connectivity index (χ1n) is 6.67. The van der Waals surface area contributed by atoms with Crippen molar-refractivity contribution in [2.75, 3.05) is 20.3 Å². The average molecular weight is 263 g/mol. The molecule has 0 bridgehead atoms. The quantitative estimate of drug-likeness (QED) is 0.729. The minimum atomic E-state index is 0.515. The number of hydrogen-bond acceptors (Lipinski definition) is 3. The van der Waals surface area contributed by atoms with Gasteiger partial charge in [-0.2, -0.15) is 0 Å². The molecule has 3 nitrogen and oxygen atoms in total. The van der Waals surface area contributed by atoms with Crippen LogP contribution in [0.2, 0.25) is 0 Å². The van der Waals surface area contributed by atoms with Crippen molar-refractivity contribution in [2.24, 2.45) is 5.92 Å². The third kappa shape index (κ3) is 5.79. The summed E-state index contributed by atoms with van der Waals surface area (Å²) in [4.78, 5) is 0. The number of ether oxygens (including phenoxy) is 2. The van der Waals surface area contributed by atoms with E-state index in [1.54, 1.807) is 7.11 Å². The van der Waals surface area contributed by atoms with Crippen LogP contribution in [0, 0.1) is 5.92 Å². The van der Waals surface area contributed by atoms with E-state index >= 15 is 0 Å². The zero-order valence-corrected chi connectivity index (χ0v) is 12.5. The topological polar surface area (TPSA) is 30.5 Å². The molecular weight excluding hydrogens is 238 g/mol. The Bertz CT molecular complexity index is 413. The minimum Gasteiger partial charge on any atom is -0.493 e. The van der Waals surface area contributed by atoms with Crippen molar-refractivity contribution in [1.29, 1.82) is 0 Å². The molecule has 1 N–H and O–H groups in total. The van der Waals surface area contributed by atoms with Gasteiger partial charge in [0.15, 0.2) is 11.5 Å². The summed E-state index contributed by atoms with van der Waals surface area (Å²) in [5.41, 5.74) is 2.19. The van der Waals surface area contributed by atoms with Gasteiger partial charge in [-0.25, -0.2) is 0 Å². The summed E-state index contributed by atoms with van der Waals surface area (Å²) in [6.07, 6.45) is 0. The van der Waals surface area contributed by atoms with Crippen LogP contribution in [0.3, 0.4) is 0 Å². The van der Waals surface area contributed by atoms with Crippen LogP contribution in [0.5, 0.6) is 11.5 Å². The first-order chi connectivity index (χ1) is 9.02. The molecule has 0 aliphatic carbocycles. The number of methoxy groups -OCH3 is 1. The predicted molar refractivity (Wildman–Crippen MR) is 79.8 cm³/mol. The van der Waals surface area contributed by atoms with Crippen molar-refractivity contribution in [3.8, 4) is 11.5 Å². The molecule has 0 spiro atoms. The summed E-state index contributed by atoms with van der Waals surface area (Å²) >= 11 is 0. The molecule has 1 rings (SSSR count). The number of hydrogen-bond donors (Lipinski definition) is 1. The lowest BCUT2D eigenvalue weighted by Gasteiger charge is -2.13. The molecule has 0 fully saturated rings. The average Bonchev–Trinajstić information content (AvgIpc) is 2.36. The molecule has 0 radical (unpaired) electrons. The number of nitrogens with one attached hydrogen (secondary N) is 1. The Morgan fingerprint density at radius 1 is 1.32 bits per heavy atom. The molecule has 1 aromatic carbocycles. The number of benzene rings is 1. The first kappa shape index (κ1) is 15.6. The highest BCUT2D eigenvalue weighted by Gasteiger charge is 2.06. The maximum atomic E-state index is 5.64. The highest BCUT2D eigenvalue weighted by atomic mass is 16.5. The van der Waals surface area contributed by atoms with E-state index in [9.17, 15) is 0 Å². The van der Waals surface area contributed by atoms with E-state index in [-0.39, 0.29) is 0 Å². The van der Waals surface area contributed by atoms with Crippen LogP contribution in [0.1, 0.15) is 26.3 Å². The van der Waals surface area contributed by atoms with Crippen LogP contribution in [-0.2, 0) is 6.54 Å². The second-order valence-corrected chi connectivity index (χ2v) is 5.26. The third-order valence-electron chi connectivity index (χ3n) is 2.58. The van der Waals surface area contributed by atoms with Crippen molar-refractivity contribution in [1.82, 2.24) is 5.32 Å². The maximum Gasteiger partial charge on any atom is 0.161 e. The van der Waals surface area contributed by atoms with Crippen LogP contribution >= 0.6 is 0 Å². The fourth-order valence-corrected chi connectivity index (χ4v) is 1.65. The molecule has 1 aromatic rings. The molecule has 0 heterocycles. The predicted octanol–water partition coefficient (Wildman–Crippen LogP) is 3.40. The van der Waals surface area contributed by atoms with Crippen LogP contribution < -0.4 is 14.8 Å². The van der Waals surface area contributed by atoms with E-state index in [0.717, 1.165) is 30.2 Å². The Morgan fingerprint density at radius 3 is 2.63 bits per heavy atom. The lowest BCUT2D eigenvalue weighted by Crippen LogP contribution is -2.18. The van der Waals surface area contributed by atoms with E-state index in [1.165, 1.54) is 5.56 Å². The van der Waals surface area contributed by atoms with Gasteiger partial charge in [0.05, 0.1) is 7.11 Å². The Balaban J connectivity index is 2.64. The van der Waals surface area contributed by atoms with Crippen molar-refractivity contribution in [2.45, 2.75) is 27.3 Å². The smallest absolute Gasteiger partial charge is 0.161 e. The Morgan fingerprint density at radius 2 is 2.05 bits per heavy atom. The molecule has 0 atom stereocenters. The van der Waals surface area contributed by atoms with Crippen molar-refractivity contribution >= 4 is 0 Å². The van der Waals surface area contributed by atoms with Gasteiger partial charge in [-0.1, -0.05) is 26.5 Å². The second kappa shape index (κ2) is 7.85. The van der Waals surface area contributed by atoms with Crippen LogP contribution in [0.25, 0.3) is 0 Å². The second-order valence-electron chi connectivity index (χ2n) is 5.26. The zero-order chi connectivity index (χ0) is 14.3. The Labute approximate surface area is 116 Å². The lowest BCUT2D eigenvalue weighted by atomic mass is 10.2. The van der Waals surface area contributed by atoms with Gasteiger partial charge in [0.1, 0.15) is 6.61 Å². The fourth-order valence-electron chi connectivity index (χ4n) is 1.65. The van der Waals surface area contributed by atoms with E-state index in [4.69, 9.17) is 9.47 Å². The van der Waals surface area contributed by atoms with Gasteiger partial charge in [-0.3, -0.25) is 0 Å². The van der Waals surface area contributed by atoms with E-state index in [1.807, 2.05) is 19.1 Å². The molecule has 0 aromatic heterocycles. The normalized spacial score (nSPS) is 10.6. The summed E-state index contributed by atoms with van der Waals surface area (Å²) in [7, 11) is 1.66. The maximum absolute atomic E-state index is 5.64. The van der Waals surface area contributed by atoms with Gasteiger partial charge in [0.25, 0.3) is 0 Å². The van der Waals surface area contributed by atoms with Gasteiger partial charge >= 0.3 is 0 Å². The summed E-state index contributed by atoms with van der Waals surface area (Å²) in [6.45, 7) is 12.5. The fraction of sp³-hybridized carbons (Fsp3) is 0.500. The molecule has 106 valence electrons. The van der Waals surface area contributed by atoms with Gasteiger partial charge in [0.2, 0.25) is 0 Å². The summed E-state index contributed by atoms with van der Waals surface area (Å²) in [5.74, 6) is 2.18. The van der Waals surface area contributed by atoms with E-state index in [2.05, 4.69) is 31.8 Å². The standard InChI is InChI=1S/C16H25NO2/c1-12(2)9-17-10-14-6-7-15(16(8-14)18-5)19-11-13(3)4/h6-8,12,17H,3,9-11H2,1-2,4-5H3. The molecular formula is C16H25NO2. The lowest BCUT2D eigenvalue weighted by molar-refractivity contribution is 0.319. The molecule has 0 aliphatic rings. The van der Waals surface area contributed by atoms with Gasteiger partial charge in [-0.05, 0) is 42.7 Å². The highest BCUT2D eigenvalue weighted by Crippen LogP contribution is 2.28. The largest absolute Gasteiger partial charge is 0.493 e. The molecule has 0 saturated carbocycles. The Kier molecular flexibility index (Phi) is 6.43. The van der Waals surface area contributed by atoms with Crippen LogP contribution in [0.15, 0.2) is 30.4 Å². The first-order valence-corrected chi connectivity index (χ1v) is 6.67. The molecule has 0 saturated heterocycles.